The van der Waals surface area contributed by atoms with Crippen LogP contribution >= 0.6 is 21.6 Å². The van der Waals surface area contributed by atoms with Crippen molar-refractivity contribution >= 4 is 33.0 Å². The molecule has 0 bridgehead atoms. The molecule has 0 heterocycles. The van der Waals surface area contributed by atoms with E-state index in [1.807, 2.05) is 31.3 Å². The smallest absolute Gasteiger partial charge is 0.0338 e. The molecular weight excluding hydrogens is 248 g/mol. The lowest BCUT2D eigenvalue weighted by molar-refractivity contribution is 1.43. The molecule has 0 atom stereocenters. The van der Waals surface area contributed by atoms with Crippen LogP contribution in [0.2, 0.25) is 0 Å². The standard InChI is InChI=1S/C13H14N2S2/c1-15-11-4-8-13(9-5-11)17-16-12-6-2-10(14)3-7-12/h2-9,15H,14H2,1H3. The quantitative estimate of drug-likeness (QED) is 0.642. The van der Waals surface area contributed by atoms with Gasteiger partial charge in [-0.3, -0.25) is 0 Å². The van der Waals surface area contributed by atoms with Crippen molar-refractivity contribution in [3.05, 3.63) is 48.5 Å². The van der Waals surface area contributed by atoms with Crippen molar-refractivity contribution in [2.24, 2.45) is 0 Å². The van der Waals surface area contributed by atoms with Crippen LogP contribution < -0.4 is 11.1 Å². The average molecular weight is 262 g/mol. The number of hydrogen-bond acceptors (Lipinski definition) is 4. The van der Waals surface area contributed by atoms with Crippen molar-refractivity contribution in [1.82, 2.24) is 0 Å². The van der Waals surface area contributed by atoms with Crippen molar-refractivity contribution in [3.8, 4) is 0 Å². The first-order valence-electron chi connectivity index (χ1n) is 5.26. The molecule has 0 saturated heterocycles. The molecule has 0 saturated carbocycles. The number of hydrogen-bond donors (Lipinski definition) is 2. The molecule has 88 valence electrons. The first-order valence-corrected chi connectivity index (χ1v) is 7.41. The molecule has 17 heavy (non-hydrogen) atoms. The van der Waals surface area contributed by atoms with E-state index in [-0.39, 0.29) is 0 Å². The van der Waals surface area contributed by atoms with Crippen LogP contribution in [0.4, 0.5) is 11.4 Å². The van der Waals surface area contributed by atoms with Gasteiger partial charge in [0.15, 0.2) is 0 Å². The van der Waals surface area contributed by atoms with E-state index in [0.717, 1.165) is 11.4 Å². The maximum absolute atomic E-state index is 5.64. The average Bonchev–Trinajstić information content (AvgIpc) is 2.39. The highest BCUT2D eigenvalue weighted by Crippen LogP contribution is 2.37. The summed E-state index contributed by atoms with van der Waals surface area (Å²) in [6, 6.07) is 16.3. The molecule has 2 aromatic rings. The lowest BCUT2D eigenvalue weighted by Crippen LogP contribution is -1.85. The highest BCUT2D eigenvalue weighted by atomic mass is 33.1. The van der Waals surface area contributed by atoms with Gasteiger partial charge >= 0.3 is 0 Å². The van der Waals surface area contributed by atoms with Gasteiger partial charge in [-0.05, 0) is 48.5 Å². The molecule has 2 nitrogen and oxygen atoms in total. The number of nitrogens with two attached hydrogens (primary N) is 1. The summed E-state index contributed by atoms with van der Waals surface area (Å²) in [5.41, 5.74) is 7.58. The lowest BCUT2D eigenvalue weighted by atomic mass is 10.3. The van der Waals surface area contributed by atoms with Gasteiger partial charge in [0, 0.05) is 28.2 Å². The molecule has 3 N–H and O–H groups in total. The van der Waals surface area contributed by atoms with Crippen LogP contribution in [-0.4, -0.2) is 7.05 Å². The van der Waals surface area contributed by atoms with Crippen molar-refractivity contribution in [3.63, 3.8) is 0 Å². The van der Waals surface area contributed by atoms with E-state index < -0.39 is 0 Å². The zero-order chi connectivity index (χ0) is 12.1. The summed E-state index contributed by atoms with van der Waals surface area (Å²) in [7, 11) is 5.40. The van der Waals surface area contributed by atoms with Crippen LogP contribution in [0.1, 0.15) is 0 Å². The molecule has 0 spiro atoms. The molecule has 0 aliphatic rings. The van der Waals surface area contributed by atoms with Crippen LogP contribution in [0, 0.1) is 0 Å². The van der Waals surface area contributed by atoms with Crippen molar-refractivity contribution < 1.29 is 0 Å². The van der Waals surface area contributed by atoms with E-state index in [0.29, 0.717) is 0 Å². The van der Waals surface area contributed by atoms with Gasteiger partial charge in [-0.2, -0.15) is 0 Å². The van der Waals surface area contributed by atoms with E-state index in [1.165, 1.54) is 9.79 Å². The third kappa shape index (κ3) is 3.61. The minimum absolute atomic E-state index is 0.803. The van der Waals surface area contributed by atoms with Gasteiger partial charge in [0.2, 0.25) is 0 Å². The number of benzene rings is 2. The zero-order valence-corrected chi connectivity index (χ0v) is 11.1. The van der Waals surface area contributed by atoms with Gasteiger partial charge in [0.1, 0.15) is 0 Å². The highest BCUT2D eigenvalue weighted by molar-refractivity contribution is 8.76. The second-order valence-corrected chi connectivity index (χ2v) is 5.79. The molecule has 2 aromatic carbocycles. The Hall–Kier alpha value is -1.26. The first-order chi connectivity index (χ1) is 8.28. The summed E-state index contributed by atoms with van der Waals surface area (Å²) in [4.78, 5) is 2.45. The normalized spacial score (nSPS) is 10.2. The third-order valence-corrected chi connectivity index (χ3v) is 4.67. The van der Waals surface area contributed by atoms with Crippen LogP contribution in [-0.2, 0) is 0 Å². The summed E-state index contributed by atoms with van der Waals surface area (Å²) in [5.74, 6) is 0. The molecule has 0 unspecified atom stereocenters. The van der Waals surface area contributed by atoms with E-state index in [9.17, 15) is 0 Å². The van der Waals surface area contributed by atoms with Crippen LogP contribution in [0.25, 0.3) is 0 Å². The molecule has 0 radical (unpaired) electrons. The third-order valence-electron chi connectivity index (χ3n) is 2.26. The molecule has 0 amide bonds. The van der Waals surface area contributed by atoms with Gasteiger partial charge in [0.05, 0.1) is 0 Å². The maximum atomic E-state index is 5.64. The summed E-state index contributed by atoms with van der Waals surface area (Å²) < 4.78 is 0. The Morgan fingerprint density at radius 1 is 0.824 bits per heavy atom. The van der Waals surface area contributed by atoms with Gasteiger partial charge < -0.3 is 11.1 Å². The Morgan fingerprint density at radius 2 is 1.29 bits per heavy atom. The zero-order valence-electron chi connectivity index (χ0n) is 9.51. The minimum Gasteiger partial charge on any atom is -0.399 e. The first kappa shape index (κ1) is 12.2. The fourth-order valence-electron chi connectivity index (χ4n) is 1.30. The molecule has 0 aliphatic heterocycles. The van der Waals surface area contributed by atoms with Crippen molar-refractivity contribution in [2.75, 3.05) is 18.1 Å². The summed E-state index contributed by atoms with van der Waals surface area (Å²) in [5, 5.41) is 3.10. The summed E-state index contributed by atoms with van der Waals surface area (Å²) in [6.45, 7) is 0. The second-order valence-electron chi connectivity index (χ2n) is 3.51. The SMILES string of the molecule is CNc1ccc(SSc2ccc(N)cc2)cc1. The molecule has 0 aromatic heterocycles. The van der Waals surface area contributed by atoms with Crippen LogP contribution in [0.3, 0.4) is 0 Å². The molecule has 4 heteroatoms. The van der Waals surface area contributed by atoms with E-state index in [4.69, 9.17) is 5.73 Å². The van der Waals surface area contributed by atoms with Gasteiger partial charge in [-0.25, -0.2) is 0 Å². The molecule has 0 aliphatic carbocycles. The predicted octanol–water partition coefficient (Wildman–Crippen LogP) is 4.11. The molecule has 0 fully saturated rings. The van der Waals surface area contributed by atoms with Crippen molar-refractivity contribution in [2.45, 2.75) is 9.79 Å². The lowest BCUT2D eigenvalue weighted by Gasteiger charge is -2.03. The largest absolute Gasteiger partial charge is 0.399 e. The Kier molecular flexibility index (Phi) is 4.23. The van der Waals surface area contributed by atoms with Crippen LogP contribution in [0.15, 0.2) is 58.3 Å². The fraction of sp³-hybridized carbons (Fsp3) is 0.0769. The van der Waals surface area contributed by atoms with E-state index in [2.05, 4.69) is 29.6 Å². The highest BCUT2D eigenvalue weighted by Gasteiger charge is 1.97. The topological polar surface area (TPSA) is 38.0 Å². The van der Waals surface area contributed by atoms with Crippen LogP contribution in [0.5, 0.6) is 0 Å². The number of nitrogen functional groups attached to an aromatic ring is 1. The van der Waals surface area contributed by atoms with Gasteiger partial charge in [0.25, 0.3) is 0 Å². The number of nitrogens with one attached hydrogen (secondary N) is 1. The fourth-order valence-corrected chi connectivity index (χ4v) is 3.23. The minimum atomic E-state index is 0.803. The number of rotatable bonds is 4. The van der Waals surface area contributed by atoms with E-state index >= 15 is 0 Å². The Morgan fingerprint density at radius 3 is 1.76 bits per heavy atom. The Balaban J connectivity index is 1.95. The van der Waals surface area contributed by atoms with E-state index in [1.54, 1.807) is 21.6 Å². The predicted molar refractivity (Wildman–Crippen MR) is 78.6 cm³/mol. The number of anilines is 2. The maximum Gasteiger partial charge on any atom is 0.0338 e. The Labute approximate surface area is 109 Å². The van der Waals surface area contributed by atoms with Crippen molar-refractivity contribution in [1.29, 1.82) is 0 Å². The van der Waals surface area contributed by atoms with Gasteiger partial charge in [-0.1, -0.05) is 21.6 Å². The molecule has 2 rings (SSSR count). The summed E-state index contributed by atoms with van der Waals surface area (Å²) >= 11 is 0. The monoisotopic (exact) mass is 262 g/mol. The second kappa shape index (κ2) is 5.89. The Bertz CT molecular complexity index is 466. The van der Waals surface area contributed by atoms with Gasteiger partial charge in [-0.15, -0.1) is 0 Å². The molecular formula is C13H14N2S2. The summed E-state index contributed by atoms with van der Waals surface area (Å²) in [6.07, 6.45) is 0.